The standard InChI is InChI=1S/C14H16N2O3S/c1-8(2)19-11-7-5-4-6-10(11)16-14-15-9(3)12(20-14)13(17)18/h4-8H,1-3H3,(H,15,16)(H,17,18). The molecule has 1 aromatic carbocycles. The number of hydrogen-bond acceptors (Lipinski definition) is 5. The summed E-state index contributed by atoms with van der Waals surface area (Å²) < 4.78 is 5.70. The number of carboxylic acids is 1. The molecule has 0 unspecified atom stereocenters. The molecule has 0 radical (unpaired) electrons. The highest BCUT2D eigenvalue weighted by Crippen LogP contribution is 2.31. The normalized spacial score (nSPS) is 10.6. The van der Waals surface area contributed by atoms with Gasteiger partial charge in [0, 0.05) is 0 Å². The average molecular weight is 292 g/mol. The van der Waals surface area contributed by atoms with E-state index in [1.54, 1.807) is 6.92 Å². The zero-order chi connectivity index (χ0) is 14.7. The number of nitrogens with one attached hydrogen (secondary N) is 1. The maximum Gasteiger partial charge on any atom is 0.347 e. The maximum atomic E-state index is 11.0. The van der Waals surface area contributed by atoms with E-state index < -0.39 is 5.97 Å². The number of ether oxygens (including phenoxy) is 1. The molecule has 0 aliphatic heterocycles. The molecule has 2 aromatic rings. The molecule has 0 aliphatic rings. The Morgan fingerprint density at radius 1 is 1.40 bits per heavy atom. The third-order valence-electron chi connectivity index (χ3n) is 2.48. The molecular formula is C14H16N2O3S. The van der Waals surface area contributed by atoms with Crippen LogP contribution in [-0.4, -0.2) is 22.2 Å². The first-order valence-electron chi connectivity index (χ1n) is 6.21. The molecule has 20 heavy (non-hydrogen) atoms. The van der Waals surface area contributed by atoms with Crippen molar-refractivity contribution in [2.75, 3.05) is 5.32 Å². The number of thiazole rings is 1. The second-order valence-electron chi connectivity index (χ2n) is 4.53. The highest BCUT2D eigenvalue weighted by Gasteiger charge is 2.15. The molecule has 0 fully saturated rings. The van der Waals surface area contributed by atoms with Crippen molar-refractivity contribution in [2.24, 2.45) is 0 Å². The Bertz CT molecular complexity index is 623. The first-order valence-corrected chi connectivity index (χ1v) is 7.02. The summed E-state index contributed by atoms with van der Waals surface area (Å²) in [5, 5.41) is 12.7. The fourth-order valence-corrected chi connectivity index (χ4v) is 2.51. The predicted molar refractivity (Wildman–Crippen MR) is 79.3 cm³/mol. The predicted octanol–water partition coefficient (Wildman–Crippen LogP) is 3.68. The van der Waals surface area contributed by atoms with Gasteiger partial charge in [0.05, 0.1) is 17.5 Å². The van der Waals surface area contributed by atoms with Crippen molar-refractivity contribution in [3.05, 3.63) is 34.8 Å². The molecule has 0 aliphatic carbocycles. The number of carboxylic acid groups (broad SMARTS) is 1. The molecule has 1 aromatic heterocycles. The van der Waals surface area contributed by atoms with Crippen LogP contribution >= 0.6 is 11.3 Å². The summed E-state index contributed by atoms with van der Waals surface area (Å²) in [6.45, 7) is 5.58. The van der Waals surface area contributed by atoms with Gasteiger partial charge in [0.15, 0.2) is 5.13 Å². The van der Waals surface area contributed by atoms with Crippen LogP contribution in [0.5, 0.6) is 5.75 Å². The minimum atomic E-state index is -0.959. The van der Waals surface area contributed by atoms with E-state index in [9.17, 15) is 4.79 Å². The summed E-state index contributed by atoms with van der Waals surface area (Å²) in [5.74, 6) is -0.244. The number of benzene rings is 1. The van der Waals surface area contributed by atoms with E-state index in [-0.39, 0.29) is 11.0 Å². The van der Waals surface area contributed by atoms with Gasteiger partial charge >= 0.3 is 5.97 Å². The van der Waals surface area contributed by atoms with Gasteiger partial charge in [-0.1, -0.05) is 23.5 Å². The summed E-state index contributed by atoms with van der Waals surface area (Å²) in [7, 11) is 0. The summed E-state index contributed by atoms with van der Waals surface area (Å²) in [6, 6.07) is 7.50. The minimum absolute atomic E-state index is 0.0607. The van der Waals surface area contributed by atoms with Gasteiger partial charge in [-0.3, -0.25) is 0 Å². The fraction of sp³-hybridized carbons (Fsp3) is 0.286. The second kappa shape index (κ2) is 5.92. The van der Waals surface area contributed by atoms with Crippen molar-refractivity contribution < 1.29 is 14.6 Å². The molecule has 0 spiro atoms. The number of hydrogen-bond donors (Lipinski definition) is 2. The van der Waals surface area contributed by atoms with Crippen molar-refractivity contribution in [3.63, 3.8) is 0 Å². The zero-order valence-corrected chi connectivity index (χ0v) is 12.3. The molecule has 0 saturated heterocycles. The Morgan fingerprint density at radius 3 is 2.70 bits per heavy atom. The van der Waals surface area contributed by atoms with E-state index in [1.165, 1.54) is 0 Å². The first kappa shape index (κ1) is 14.3. The van der Waals surface area contributed by atoms with Crippen LogP contribution < -0.4 is 10.1 Å². The van der Waals surface area contributed by atoms with Crippen LogP contribution in [0.4, 0.5) is 10.8 Å². The molecule has 1 heterocycles. The molecule has 0 amide bonds. The van der Waals surface area contributed by atoms with Crippen LogP contribution in [0, 0.1) is 6.92 Å². The maximum absolute atomic E-state index is 11.0. The van der Waals surface area contributed by atoms with E-state index in [0.717, 1.165) is 17.0 Å². The number of aromatic nitrogens is 1. The number of para-hydroxylation sites is 2. The van der Waals surface area contributed by atoms with E-state index in [0.29, 0.717) is 16.6 Å². The third-order valence-corrected chi connectivity index (χ3v) is 3.54. The van der Waals surface area contributed by atoms with Crippen LogP contribution in [0.2, 0.25) is 0 Å². The molecule has 0 atom stereocenters. The molecule has 2 rings (SSSR count). The van der Waals surface area contributed by atoms with Crippen LogP contribution in [0.3, 0.4) is 0 Å². The summed E-state index contributed by atoms with van der Waals surface area (Å²) >= 11 is 1.11. The Hall–Kier alpha value is -2.08. The smallest absolute Gasteiger partial charge is 0.347 e. The highest BCUT2D eigenvalue weighted by atomic mass is 32.1. The average Bonchev–Trinajstić information content (AvgIpc) is 2.72. The summed E-state index contributed by atoms with van der Waals surface area (Å²) in [6.07, 6.45) is 0.0607. The van der Waals surface area contributed by atoms with Crippen LogP contribution in [0.15, 0.2) is 24.3 Å². The largest absolute Gasteiger partial charge is 0.489 e. The lowest BCUT2D eigenvalue weighted by Gasteiger charge is -2.14. The Kier molecular flexibility index (Phi) is 4.24. The highest BCUT2D eigenvalue weighted by molar-refractivity contribution is 7.17. The van der Waals surface area contributed by atoms with E-state index in [2.05, 4.69) is 10.3 Å². The number of aromatic carboxylic acids is 1. The molecule has 0 bridgehead atoms. The lowest BCUT2D eigenvalue weighted by Crippen LogP contribution is -2.07. The minimum Gasteiger partial charge on any atom is -0.489 e. The van der Waals surface area contributed by atoms with Gasteiger partial charge in [0.25, 0.3) is 0 Å². The number of rotatable bonds is 5. The van der Waals surface area contributed by atoms with E-state index in [4.69, 9.17) is 9.84 Å². The number of anilines is 2. The van der Waals surface area contributed by atoms with Gasteiger partial charge in [-0.25, -0.2) is 9.78 Å². The summed E-state index contributed by atoms with van der Waals surface area (Å²) in [4.78, 5) is 15.5. The molecule has 6 heteroatoms. The van der Waals surface area contributed by atoms with Crippen molar-refractivity contribution >= 4 is 28.1 Å². The number of aryl methyl sites for hydroxylation is 1. The Balaban J connectivity index is 2.26. The molecule has 106 valence electrons. The van der Waals surface area contributed by atoms with Crippen molar-refractivity contribution in [3.8, 4) is 5.75 Å². The Labute approximate surface area is 121 Å². The van der Waals surface area contributed by atoms with Gasteiger partial charge in [-0.15, -0.1) is 0 Å². The van der Waals surface area contributed by atoms with Gasteiger partial charge in [-0.05, 0) is 32.9 Å². The SMILES string of the molecule is Cc1nc(Nc2ccccc2OC(C)C)sc1C(=O)O. The third kappa shape index (κ3) is 3.27. The fourth-order valence-electron chi connectivity index (χ4n) is 1.69. The van der Waals surface area contributed by atoms with Crippen molar-refractivity contribution in [1.82, 2.24) is 4.98 Å². The van der Waals surface area contributed by atoms with Crippen molar-refractivity contribution in [2.45, 2.75) is 26.9 Å². The zero-order valence-electron chi connectivity index (χ0n) is 11.5. The van der Waals surface area contributed by atoms with Crippen LogP contribution in [0.25, 0.3) is 0 Å². The number of nitrogens with zero attached hydrogens (tertiary/aromatic N) is 1. The topological polar surface area (TPSA) is 71.5 Å². The van der Waals surface area contributed by atoms with Gasteiger partial charge < -0.3 is 15.2 Å². The van der Waals surface area contributed by atoms with Crippen LogP contribution in [-0.2, 0) is 0 Å². The Morgan fingerprint density at radius 2 is 2.10 bits per heavy atom. The molecule has 2 N–H and O–H groups in total. The number of carbonyl (C=O) groups is 1. The lowest BCUT2D eigenvalue weighted by molar-refractivity contribution is 0.0701. The van der Waals surface area contributed by atoms with Gasteiger partial charge in [0.2, 0.25) is 0 Å². The molecule has 0 saturated carbocycles. The molecule has 5 nitrogen and oxygen atoms in total. The summed E-state index contributed by atoms with van der Waals surface area (Å²) in [5.41, 5.74) is 1.28. The monoisotopic (exact) mass is 292 g/mol. The molecular weight excluding hydrogens is 276 g/mol. The van der Waals surface area contributed by atoms with Crippen LogP contribution in [0.1, 0.15) is 29.2 Å². The quantitative estimate of drug-likeness (QED) is 0.879. The first-order chi connectivity index (χ1) is 9.47. The van der Waals surface area contributed by atoms with Crippen molar-refractivity contribution in [1.29, 1.82) is 0 Å². The van der Waals surface area contributed by atoms with E-state index >= 15 is 0 Å². The van der Waals surface area contributed by atoms with Gasteiger partial charge in [0.1, 0.15) is 10.6 Å². The van der Waals surface area contributed by atoms with Gasteiger partial charge in [-0.2, -0.15) is 0 Å². The lowest BCUT2D eigenvalue weighted by atomic mass is 10.3. The second-order valence-corrected chi connectivity index (χ2v) is 5.53. The van der Waals surface area contributed by atoms with E-state index in [1.807, 2.05) is 38.1 Å².